The van der Waals surface area contributed by atoms with Crippen molar-refractivity contribution in [3.05, 3.63) is 11.6 Å². The Kier molecular flexibility index (Phi) is 3.00. The van der Waals surface area contributed by atoms with Crippen LogP contribution in [0.1, 0.15) is 60.3 Å². The zero-order valence-corrected chi connectivity index (χ0v) is 12.0. The average molecular weight is 234 g/mol. The first kappa shape index (κ1) is 12.9. The van der Waals surface area contributed by atoms with E-state index in [1.165, 1.54) is 12.8 Å². The molecule has 1 saturated carbocycles. The molecule has 0 radical (unpaired) electrons. The standard InChI is InChI=1S/C16H26O/c1-11(17)15(2,3)9-8-12-6-7-13-10-14(12)16(13,4)5/h6,13-14H,7-10H2,1-5H3/t13-,14-/m1/s1. The molecule has 17 heavy (non-hydrogen) atoms. The first-order valence-electron chi connectivity index (χ1n) is 6.95. The van der Waals surface area contributed by atoms with Crippen molar-refractivity contribution in [2.45, 2.75) is 60.3 Å². The highest BCUT2D eigenvalue weighted by Crippen LogP contribution is 2.60. The molecule has 0 aromatic heterocycles. The Morgan fingerprint density at radius 1 is 1.47 bits per heavy atom. The number of hydrogen-bond acceptors (Lipinski definition) is 1. The maximum absolute atomic E-state index is 11.5. The highest BCUT2D eigenvalue weighted by molar-refractivity contribution is 5.81. The van der Waals surface area contributed by atoms with Gasteiger partial charge in [-0.15, -0.1) is 0 Å². The number of fused-ring (bicyclic) bond motifs is 1. The van der Waals surface area contributed by atoms with Gasteiger partial charge in [0.15, 0.2) is 0 Å². The van der Waals surface area contributed by atoms with Gasteiger partial charge in [-0.25, -0.2) is 0 Å². The van der Waals surface area contributed by atoms with Crippen LogP contribution in [0.15, 0.2) is 11.6 Å². The van der Waals surface area contributed by atoms with Crippen molar-refractivity contribution in [3.8, 4) is 0 Å². The van der Waals surface area contributed by atoms with Crippen LogP contribution in [0.2, 0.25) is 0 Å². The molecule has 0 saturated heterocycles. The number of carbonyl (C=O) groups is 1. The number of carbonyl (C=O) groups excluding carboxylic acids is 1. The van der Waals surface area contributed by atoms with Crippen LogP contribution in [-0.4, -0.2) is 5.78 Å². The molecule has 1 heteroatoms. The van der Waals surface area contributed by atoms with Crippen LogP contribution in [0, 0.1) is 22.7 Å². The van der Waals surface area contributed by atoms with E-state index in [0.717, 1.165) is 24.7 Å². The van der Waals surface area contributed by atoms with Crippen LogP contribution >= 0.6 is 0 Å². The molecule has 0 aliphatic heterocycles. The van der Waals surface area contributed by atoms with E-state index in [4.69, 9.17) is 0 Å². The van der Waals surface area contributed by atoms with E-state index >= 15 is 0 Å². The molecule has 0 aromatic rings. The van der Waals surface area contributed by atoms with Gasteiger partial charge in [0.1, 0.15) is 5.78 Å². The van der Waals surface area contributed by atoms with Crippen molar-refractivity contribution in [3.63, 3.8) is 0 Å². The number of Topliss-reactive ketones (excluding diaryl/α,β-unsaturated/α-hetero) is 1. The molecule has 1 nitrogen and oxygen atoms in total. The molecule has 3 aliphatic rings. The number of rotatable bonds is 4. The molecule has 0 aromatic carbocycles. The van der Waals surface area contributed by atoms with Gasteiger partial charge in [-0.2, -0.15) is 0 Å². The van der Waals surface area contributed by atoms with Crippen molar-refractivity contribution in [2.24, 2.45) is 22.7 Å². The molecule has 0 amide bonds. The van der Waals surface area contributed by atoms with Gasteiger partial charge in [0.2, 0.25) is 0 Å². The minimum Gasteiger partial charge on any atom is -0.299 e. The van der Waals surface area contributed by atoms with Crippen LogP contribution in [0.5, 0.6) is 0 Å². The highest BCUT2D eigenvalue weighted by Gasteiger charge is 2.50. The van der Waals surface area contributed by atoms with Crippen molar-refractivity contribution in [1.29, 1.82) is 0 Å². The minimum absolute atomic E-state index is 0.147. The lowest BCUT2D eigenvalue weighted by Gasteiger charge is -2.56. The summed E-state index contributed by atoms with van der Waals surface area (Å²) >= 11 is 0. The van der Waals surface area contributed by atoms with E-state index in [-0.39, 0.29) is 5.41 Å². The maximum atomic E-state index is 11.5. The summed E-state index contributed by atoms with van der Waals surface area (Å²) in [6, 6.07) is 0. The normalized spacial score (nSPS) is 30.5. The fourth-order valence-corrected chi connectivity index (χ4v) is 3.39. The second kappa shape index (κ2) is 3.96. The molecule has 0 heterocycles. The monoisotopic (exact) mass is 234 g/mol. The second-order valence-electron chi connectivity index (χ2n) is 7.26. The van der Waals surface area contributed by atoms with E-state index in [1.54, 1.807) is 12.5 Å². The van der Waals surface area contributed by atoms with Gasteiger partial charge in [0, 0.05) is 5.41 Å². The lowest BCUT2D eigenvalue weighted by Crippen LogP contribution is -2.48. The smallest absolute Gasteiger partial charge is 0.135 e. The molecule has 3 rings (SSSR count). The Morgan fingerprint density at radius 2 is 2.12 bits per heavy atom. The fourth-order valence-electron chi connectivity index (χ4n) is 3.39. The van der Waals surface area contributed by atoms with E-state index < -0.39 is 0 Å². The van der Waals surface area contributed by atoms with E-state index in [9.17, 15) is 4.79 Å². The summed E-state index contributed by atoms with van der Waals surface area (Å²) in [5.74, 6) is 2.03. The van der Waals surface area contributed by atoms with Crippen LogP contribution in [0.3, 0.4) is 0 Å². The summed E-state index contributed by atoms with van der Waals surface area (Å²) in [6.45, 7) is 10.7. The van der Waals surface area contributed by atoms with Crippen LogP contribution in [-0.2, 0) is 4.79 Å². The number of allylic oxidation sites excluding steroid dienone is 2. The van der Waals surface area contributed by atoms with E-state index in [2.05, 4.69) is 33.8 Å². The fraction of sp³-hybridized carbons (Fsp3) is 0.812. The molecular formula is C16H26O. The number of ketones is 1. The lowest BCUT2D eigenvalue weighted by molar-refractivity contribution is -0.125. The van der Waals surface area contributed by atoms with Crippen LogP contribution < -0.4 is 0 Å². The maximum Gasteiger partial charge on any atom is 0.135 e. The summed E-state index contributed by atoms with van der Waals surface area (Å²) in [4.78, 5) is 11.5. The summed E-state index contributed by atoms with van der Waals surface area (Å²) < 4.78 is 0. The first-order chi connectivity index (χ1) is 7.75. The Balaban J connectivity index is 1.98. The third kappa shape index (κ3) is 2.09. The zero-order chi connectivity index (χ0) is 12.8. The zero-order valence-electron chi connectivity index (χ0n) is 12.0. The second-order valence-corrected chi connectivity index (χ2v) is 7.26. The molecular weight excluding hydrogens is 208 g/mol. The molecule has 2 atom stereocenters. The quantitative estimate of drug-likeness (QED) is 0.660. The highest BCUT2D eigenvalue weighted by atomic mass is 16.1. The predicted octanol–water partition coefficient (Wildman–Crippen LogP) is 4.37. The molecule has 2 bridgehead atoms. The third-order valence-corrected chi connectivity index (χ3v) is 5.57. The van der Waals surface area contributed by atoms with Crippen molar-refractivity contribution < 1.29 is 4.79 Å². The van der Waals surface area contributed by atoms with Gasteiger partial charge >= 0.3 is 0 Å². The third-order valence-electron chi connectivity index (χ3n) is 5.57. The topological polar surface area (TPSA) is 17.1 Å². The van der Waals surface area contributed by atoms with Crippen molar-refractivity contribution >= 4 is 5.78 Å². The molecule has 96 valence electrons. The number of hydrogen-bond donors (Lipinski definition) is 0. The van der Waals surface area contributed by atoms with E-state index in [1.807, 2.05) is 0 Å². The molecule has 1 fully saturated rings. The van der Waals surface area contributed by atoms with Gasteiger partial charge in [0.25, 0.3) is 0 Å². The Labute approximate surface area is 106 Å². The molecule has 3 aliphatic carbocycles. The van der Waals surface area contributed by atoms with Gasteiger partial charge < -0.3 is 0 Å². The van der Waals surface area contributed by atoms with Crippen LogP contribution in [0.4, 0.5) is 0 Å². The molecule has 0 spiro atoms. The lowest BCUT2D eigenvalue weighted by atomic mass is 9.48. The van der Waals surface area contributed by atoms with Crippen LogP contribution in [0.25, 0.3) is 0 Å². The van der Waals surface area contributed by atoms with Gasteiger partial charge in [-0.1, -0.05) is 39.3 Å². The summed E-state index contributed by atoms with van der Waals surface area (Å²) in [6.07, 6.45) is 7.23. The Morgan fingerprint density at radius 3 is 2.59 bits per heavy atom. The molecule has 0 N–H and O–H groups in total. The Bertz CT molecular complexity index is 360. The largest absolute Gasteiger partial charge is 0.299 e. The summed E-state index contributed by atoms with van der Waals surface area (Å²) in [5, 5.41) is 0. The van der Waals surface area contributed by atoms with Gasteiger partial charge in [-0.05, 0) is 49.9 Å². The van der Waals surface area contributed by atoms with E-state index in [0.29, 0.717) is 11.2 Å². The van der Waals surface area contributed by atoms with Gasteiger partial charge in [0.05, 0.1) is 0 Å². The summed E-state index contributed by atoms with van der Waals surface area (Å²) in [7, 11) is 0. The summed E-state index contributed by atoms with van der Waals surface area (Å²) in [5.41, 5.74) is 2.00. The SMILES string of the molecule is CC(=O)C(C)(C)CCC1=CC[C@@H]2C[C@H]1C2(C)C. The van der Waals surface area contributed by atoms with Crippen molar-refractivity contribution in [1.82, 2.24) is 0 Å². The van der Waals surface area contributed by atoms with Gasteiger partial charge in [-0.3, -0.25) is 4.79 Å². The Hall–Kier alpha value is -0.590. The average Bonchev–Trinajstić information content (AvgIpc) is 2.26. The van der Waals surface area contributed by atoms with Crippen molar-refractivity contribution in [2.75, 3.05) is 0 Å². The predicted molar refractivity (Wildman–Crippen MR) is 71.8 cm³/mol. The first-order valence-corrected chi connectivity index (χ1v) is 6.95. The minimum atomic E-state index is -0.147. The molecule has 0 unspecified atom stereocenters.